The molecule has 4 rings (SSSR count). The molecule has 0 bridgehead atoms. The van der Waals surface area contributed by atoms with Crippen LogP contribution in [0.3, 0.4) is 0 Å². The van der Waals surface area contributed by atoms with Gasteiger partial charge >= 0.3 is 0 Å². The highest BCUT2D eigenvalue weighted by molar-refractivity contribution is 6.01. The van der Waals surface area contributed by atoms with Crippen LogP contribution in [0.1, 0.15) is 23.6 Å². The Kier molecular flexibility index (Phi) is 3.98. The summed E-state index contributed by atoms with van der Waals surface area (Å²) in [6, 6.07) is 17.7. The minimum atomic E-state index is -0.423. The van der Waals surface area contributed by atoms with E-state index in [0.717, 1.165) is 28.9 Å². The van der Waals surface area contributed by atoms with Crippen LogP contribution in [0, 0.1) is 0 Å². The summed E-state index contributed by atoms with van der Waals surface area (Å²) in [6.45, 7) is 0.534. The third-order valence-electron chi connectivity index (χ3n) is 4.60. The van der Waals surface area contributed by atoms with E-state index >= 15 is 0 Å². The number of rotatable bonds is 4. The molecule has 5 nitrogen and oxygen atoms in total. The van der Waals surface area contributed by atoms with Gasteiger partial charge in [-0.05, 0) is 29.1 Å². The lowest BCUT2D eigenvalue weighted by Crippen LogP contribution is -2.35. The summed E-state index contributed by atoms with van der Waals surface area (Å²) in [5.74, 6) is -0.638. The molecule has 0 unspecified atom stereocenters. The van der Waals surface area contributed by atoms with E-state index in [4.69, 9.17) is 0 Å². The summed E-state index contributed by atoms with van der Waals surface area (Å²) in [6.07, 6.45) is 0.913. The van der Waals surface area contributed by atoms with Gasteiger partial charge in [0.25, 0.3) is 0 Å². The molecule has 0 radical (unpaired) electrons. The highest BCUT2D eigenvalue weighted by Gasteiger charge is 2.30. The quantitative estimate of drug-likeness (QED) is 0.687. The van der Waals surface area contributed by atoms with Crippen molar-refractivity contribution in [3.05, 3.63) is 65.9 Å². The van der Waals surface area contributed by atoms with Crippen molar-refractivity contribution in [2.45, 2.75) is 18.8 Å². The largest absolute Gasteiger partial charge is 0.358 e. The Balaban J connectivity index is 1.41. The van der Waals surface area contributed by atoms with Gasteiger partial charge in [-0.3, -0.25) is 9.59 Å². The number of carbonyl (C=O) groups excluding carboxylic acids is 2. The second kappa shape index (κ2) is 6.43. The van der Waals surface area contributed by atoms with Gasteiger partial charge in [0.2, 0.25) is 11.8 Å². The van der Waals surface area contributed by atoms with E-state index in [9.17, 15) is 9.59 Å². The van der Waals surface area contributed by atoms with Crippen LogP contribution in [0.5, 0.6) is 0 Å². The summed E-state index contributed by atoms with van der Waals surface area (Å²) in [4.78, 5) is 27.8. The number of aromatic nitrogens is 1. The van der Waals surface area contributed by atoms with Crippen LogP contribution in [0.15, 0.2) is 54.6 Å². The Bertz CT molecular complexity index is 912. The monoisotopic (exact) mass is 333 g/mol. The molecule has 0 saturated carbocycles. The predicted molar refractivity (Wildman–Crippen MR) is 97.4 cm³/mol. The molecule has 3 aromatic rings. The van der Waals surface area contributed by atoms with Gasteiger partial charge in [0.1, 0.15) is 0 Å². The van der Waals surface area contributed by atoms with Crippen molar-refractivity contribution in [3.8, 4) is 0 Å². The molecule has 1 aliphatic heterocycles. The molecule has 0 spiro atoms. The fourth-order valence-electron chi connectivity index (χ4n) is 3.36. The van der Waals surface area contributed by atoms with Gasteiger partial charge in [-0.15, -0.1) is 0 Å². The number of hydrogen-bond acceptors (Lipinski definition) is 2. The second-order valence-corrected chi connectivity index (χ2v) is 6.31. The van der Waals surface area contributed by atoms with Crippen LogP contribution in [0.25, 0.3) is 10.9 Å². The van der Waals surface area contributed by atoms with Gasteiger partial charge in [0.15, 0.2) is 0 Å². The minimum absolute atomic E-state index is 0.0987. The molecule has 1 aliphatic rings. The number of nitrogens with one attached hydrogen (secondary N) is 3. The normalized spacial score (nSPS) is 16.3. The average molecular weight is 333 g/mol. The third kappa shape index (κ3) is 3.13. The zero-order chi connectivity index (χ0) is 17.2. The first-order valence-electron chi connectivity index (χ1n) is 8.44. The van der Waals surface area contributed by atoms with Gasteiger partial charge in [-0.25, -0.2) is 0 Å². The second-order valence-electron chi connectivity index (χ2n) is 6.31. The highest BCUT2D eigenvalue weighted by Crippen LogP contribution is 2.31. The summed E-state index contributed by atoms with van der Waals surface area (Å²) in [5.41, 5.74) is 3.80. The molecular formula is C20H19N3O2. The average Bonchev–Trinajstić information content (AvgIpc) is 3.03. The third-order valence-corrected chi connectivity index (χ3v) is 4.60. The fourth-order valence-corrected chi connectivity index (χ4v) is 3.36. The van der Waals surface area contributed by atoms with Crippen molar-refractivity contribution in [1.82, 2.24) is 10.3 Å². The number of fused-ring (bicyclic) bond motifs is 2. The topological polar surface area (TPSA) is 74.0 Å². The molecule has 2 heterocycles. The van der Waals surface area contributed by atoms with E-state index in [1.807, 2.05) is 42.5 Å². The number of para-hydroxylation sites is 2. The van der Waals surface area contributed by atoms with E-state index in [-0.39, 0.29) is 18.2 Å². The summed E-state index contributed by atoms with van der Waals surface area (Å²) in [5, 5.41) is 6.95. The van der Waals surface area contributed by atoms with Crippen LogP contribution >= 0.6 is 0 Å². The van der Waals surface area contributed by atoms with E-state index < -0.39 is 5.92 Å². The van der Waals surface area contributed by atoms with Crippen molar-refractivity contribution in [1.29, 1.82) is 0 Å². The number of amides is 2. The van der Waals surface area contributed by atoms with Crippen molar-refractivity contribution >= 4 is 28.4 Å². The van der Waals surface area contributed by atoms with Crippen LogP contribution in [-0.2, 0) is 16.0 Å². The molecule has 126 valence electrons. The van der Waals surface area contributed by atoms with E-state index in [2.05, 4.69) is 27.8 Å². The van der Waals surface area contributed by atoms with Gasteiger partial charge in [0.05, 0.1) is 5.92 Å². The van der Waals surface area contributed by atoms with Crippen molar-refractivity contribution in [3.63, 3.8) is 0 Å². The Hall–Kier alpha value is -3.08. The maximum absolute atomic E-state index is 12.6. The molecule has 1 atom stereocenters. The summed E-state index contributed by atoms with van der Waals surface area (Å²) >= 11 is 0. The lowest BCUT2D eigenvalue weighted by molar-refractivity contribution is -0.126. The molecular weight excluding hydrogens is 314 g/mol. The first-order valence-corrected chi connectivity index (χ1v) is 8.44. The zero-order valence-electron chi connectivity index (χ0n) is 13.7. The number of carbonyl (C=O) groups is 2. The van der Waals surface area contributed by atoms with Crippen molar-refractivity contribution in [2.75, 3.05) is 11.9 Å². The lowest BCUT2D eigenvalue weighted by Gasteiger charge is -2.24. The van der Waals surface area contributed by atoms with Gasteiger partial charge in [-0.1, -0.05) is 36.4 Å². The maximum Gasteiger partial charge on any atom is 0.228 e. The minimum Gasteiger partial charge on any atom is -0.358 e. The number of benzene rings is 2. The van der Waals surface area contributed by atoms with Crippen molar-refractivity contribution in [2.24, 2.45) is 0 Å². The van der Waals surface area contributed by atoms with Gasteiger partial charge in [-0.2, -0.15) is 0 Å². The lowest BCUT2D eigenvalue weighted by atomic mass is 9.90. The standard InChI is InChI=1S/C20H19N3O2/c24-19-12-16(15-6-2-4-8-18(15)23-19)20(25)21-10-9-14-11-13-5-1-3-7-17(13)22-14/h1-8,11,16,22H,9-10,12H2,(H,21,25)(H,23,24)/t16-/m1/s1. The SMILES string of the molecule is O=C1C[C@@H](C(=O)NCCc2cc3ccccc3[nH]2)c2ccccc2N1. The zero-order valence-corrected chi connectivity index (χ0v) is 13.7. The predicted octanol–water partition coefficient (Wildman–Crippen LogP) is 2.95. The first-order chi connectivity index (χ1) is 12.2. The molecule has 25 heavy (non-hydrogen) atoms. The molecule has 1 aromatic heterocycles. The Morgan fingerprint density at radius 2 is 1.92 bits per heavy atom. The van der Waals surface area contributed by atoms with Crippen LogP contribution < -0.4 is 10.6 Å². The molecule has 0 saturated heterocycles. The van der Waals surface area contributed by atoms with Crippen LogP contribution in [0.2, 0.25) is 0 Å². The molecule has 3 N–H and O–H groups in total. The summed E-state index contributed by atoms with van der Waals surface area (Å²) in [7, 11) is 0. The van der Waals surface area contributed by atoms with Crippen LogP contribution in [0.4, 0.5) is 5.69 Å². The number of aromatic amines is 1. The molecule has 0 aliphatic carbocycles. The fraction of sp³-hybridized carbons (Fsp3) is 0.200. The number of anilines is 1. The summed E-state index contributed by atoms with van der Waals surface area (Å²) < 4.78 is 0. The first kappa shape index (κ1) is 15.4. The van der Waals surface area contributed by atoms with Gasteiger partial charge < -0.3 is 15.6 Å². The molecule has 0 fully saturated rings. The van der Waals surface area contributed by atoms with Crippen LogP contribution in [-0.4, -0.2) is 23.3 Å². The van der Waals surface area contributed by atoms with E-state index in [1.165, 1.54) is 5.39 Å². The Morgan fingerprint density at radius 3 is 2.80 bits per heavy atom. The molecule has 5 heteroatoms. The smallest absolute Gasteiger partial charge is 0.228 e. The Labute approximate surface area is 145 Å². The molecule has 2 amide bonds. The molecule has 2 aromatic carbocycles. The number of hydrogen-bond donors (Lipinski definition) is 3. The highest BCUT2D eigenvalue weighted by atomic mass is 16.2. The Morgan fingerprint density at radius 1 is 1.12 bits per heavy atom. The maximum atomic E-state index is 12.6. The van der Waals surface area contributed by atoms with E-state index in [1.54, 1.807) is 0 Å². The number of H-pyrrole nitrogens is 1. The van der Waals surface area contributed by atoms with Gasteiger partial charge in [0, 0.05) is 36.3 Å². The van der Waals surface area contributed by atoms with Crippen molar-refractivity contribution < 1.29 is 9.59 Å². The van der Waals surface area contributed by atoms with E-state index in [0.29, 0.717) is 6.54 Å².